The third-order valence-electron chi connectivity index (χ3n) is 4.24. The Hall–Kier alpha value is -1.06. The van der Waals surface area contributed by atoms with Crippen molar-refractivity contribution in [3.05, 3.63) is 0 Å². The normalized spacial score (nSPS) is 16.8. The monoisotopic (exact) mass is 282 g/mol. The van der Waals surface area contributed by atoms with Gasteiger partial charge in [0.25, 0.3) is 0 Å². The molecular weight excluding hydrogens is 252 g/mol. The summed E-state index contributed by atoms with van der Waals surface area (Å²) in [5.41, 5.74) is -0.972. The quantitative estimate of drug-likeness (QED) is 0.762. The zero-order valence-electron chi connectivity index (χ0n) is 13.5. The van der Waals surface area contributed by atoms with E-state index < -0.39 is 5.41 Å². The van der Waals surface area contributed by atoms with Crippen molar-refractivity contribution in [2.45, 2.75) is 71.8 Å². The summed E-state index contributed by atoms with van der Waals surface area (Å²) >= 11 is 0. The summed E-state index contributed by atoms with van der Waals surface area (Å²) in [5, 5.41) is 3.06. The number of carbonyl (C=O) groups excluding carboxylic acids is 2. The Balaban J connectivity index is 2.56. The van der Waals surface area contributed by atoms with Gasteiger partial charge in [-0.15, -0.1) is 0 Å². The van der Waals surface area contributed by atoms with Gasteiger partial charge in [0.05, 0.1) is 0 Å². The molecule has 1 aliphatic carbocycles. The zero-order valence-corrected chi connectivity index (χ0v) is 13.5. The first-order chi connectivity index (χ1) is 9.39. The Morgan fingerprint density at radius 3 is 2.35 bits per heavy atom. The number of nitrogens with zero attached hydrogens (tertiary/aromatic N) is 1. The summed E-state index contributed by atoms with van der Waals surface area (Å²) in [6.07, 6.45) is 7.72. The van der Waals surface area contributed by atoms with Crippen molar-refractivity contribution in [3.63, 3.8) is 0 Å². The van der Waals surface area contributed by atoms with Gasteiger partial charge in [-0.3, -0.25) is 9.59 Å². The number of amides is 2. The molecule has 0 unspecified atom stereocenters. The molecule has 0 aromatic carbocycles. The molecule has 0 atom stereocenters. The Kier molecular flexibility index (Phi) is 6.50. The maximum absolute atomic E-state index is 12.4. The van der Waals surface area contributed by atoms with Crippen LogP contribution in [0.15, 0.2) is 0 Å². The SMILES string of the molecule is CCCCN(C)C(=O)C(C)(C)C(=O)NC1CCCCC1. The van der Waals surface area contributed by atoms with E-state index >= 15 is 0 Å². The van der Waals surface area contributed by atoms with E-state index in [9.17, 15) is 9.59 Å². The standard InChI is InChI=1S/C16H30N2O2/c1-5-6-12-18(4)15(20)16(2,3)14(19)17-13-10-8-7-9-11-13/h13H,5-12H2,1-4H3,(H,17,19). The second kappa shape index (κ2) is 7.65. The van der Waals surface area contributed by atoms with Gasteiger partial charge < -0.3 is 10.2 Å². The molecule has 0 spiro atoms. The summed E-state index contributed by atoms with van der Waals surface area (Å²) in [5.74, 6) is -0.211. The summed E-state index contributed by atoms with van der Waals surface area (Å²) < 4.78 is 0. The lowest BCUT2D eigenvalue weighted by Crippen LogP contribution is -2.51. The maximum Gasteiger partial charge on any atom is 0.237 e. The van der Waals surface area contributed by atoms with Gasteiger partial charge in [0.1, 0.15) is 5.41 Å². The van der Waals surface area contributed by atoms with Crippen LogP contribution in [0, 0.1) is 5.41 Å². The van der Waals surface area contributed by atoms with Crippen LogP contribution < -0.4 is 5.32 Å². The van der Waals surface area contributed by atoms with Crippen LogP contribution in [-0.2, 0) is 9.59 Å². The molecule has 1 rings (SSSR count). The van der Waals surface area contributed by atoms with E-state index in [-0.39, 0.29) is 17.9 Å². The van der Waals surface area contributed by atoms with Gasteiger partial charge in [0.2, 0.25) is 11.8 Å². The molecule has 1 fully saturated rings. The van der Waals surface area contributed by atoms with Crippen LogP contribution in [0.4, 0.5) is 0 Å². The van der Waals surface area contributed by atoms with Gasteiger partial charge >= 0.3 is 0 Å². The van der Waals surface area contributed by atoms with Crippen LogP contribution in [0.2, 0.25) is 0 Å². The molecule has 0 aromatic rings. The molecule has 4 heteroatoms. The maximum atomic E-state index is 12.4. The lowest BCUT2D eigenvalue weighted by molar-refractivity contribution is -0.148. The number of unbranched alkanes of at least 4 members (excludes halogenated alkanes) is 1. The first-order valence-corrected chi connectivity index (χ1v) is 7.96. The van der Waals surface area contributed by atoms with Crippen molar-refractivity contribution in [3.8, 4) is 0 Å². The summed E-state index contributed by atoms with van der Waals surface area (Å²) in [6.45, 7) is 6.28. The van der Waals surface area contributed by atoms with Crippen molar-refractivity contribution >= 4 is 11.8 Å². The van der Waals surface area contributed by atoms with Gasteiger partial charge in [-0.25, -0.2) is 0 Å². The van der Waals surface area contributed by atoms with Crippen LogP contribution in [0.1, 0.15) is 65.7 Å². The van der Waals surface area contributed by atoms with Crippen molar-refractivity contribution in [2.75, 3.05) is 13.6 Å². The fourth-order valence-electron chi connectivity index (χ4n) is 2.68. The Morgan fingerprint density at radius 1 is 1.20 bits per heavy atom. The molecule has 1 saturated carbocycles. The minimum Gasteiger partial charge on any atom is -0.352 e. The molecule has 0 radical (unpaired) electrons. The molecule has 1 N–H and O–H groups in total. The van der Waals surface area contributed by atoms with E-state index in [0.29, 0.717) is 0 Å². The highest BCUT2D eigenvalue weighted by Gasteiger charge is 2.38. The van der Waals surface area contributed by atoms with Crippen LogP contribution in [-0.4, -0.2) is 36.3 Å². The zero-order chi connectivity index (χ0) is 15.2. The fourth-order valence-corrected chi connectivity index (χ4v) is 2.68. The lowest BCUT2D eigenvalue weighted by Gasteiger charge is -2.31. The molecule has 0 aromatic heterocycles. The minimum absolute atomic E-state index is 0.0840. The average molecular weight is 282 g/mol. The van der Waals surface area contributed by atoms with Crippen LogP contribution in [0.3, 0.4) is 0 Å². The van der Waals surface area contributed by atoms with Gasteiger partial charge in [-0.05, 0) is 33.1 Å². The van der Waals surface area contributed by atoms with E-state index in [4.69, 9.17) is 0 Å². The van der Waals surface area contributed by atoms with Crippen LogP contribution in [0.25, 0.3) is 0 Å². The van der Waals surface area contributed by atoms with Crippen molar-refractivity contribution in [1.82, 2.24) is 10.2 Å². The van der Waals surface area contributed by atoms with Crippen LogP contribution >= 0.6 is 0 Å². The topological polar surface area (TPSA) is 49.4 Å². The predicted molar refractivity (Wildman–Crippen MR) is 81.3 cm³/mol. The Bertz CT molecular complexity index is 333. The average Bonchev–Trinajstić information content (AvgIpc) is 2.44. The third-order valence-corrected chi connectivity index (χ3v) is 4.24. The van der Waals surface area contributed by atoms with Crippen molar-refractivity contribution < 1.29 is 9.59 Å². The van der Waals surface area contributed by atoms with E-state index in [1.807, 2.05) is 0 Å². The number of carbonyl (C=O) groups is 2. The molecule has 20 heavy (non-hydrogen) atoms. The van der Waals surface area contributed by atoms with Gasteiger partial charge in [-0.2, -0.15) is 0 Å². The summed E-state index contributed by atoms with van der Waals surface area (Å²) in [6, 6.07) is 0.254. The second-order valence-electron chi connectivity index (χ2n) is 6.51. The highest BCUT2D eigenvalue weighted by atomic mass is 16.2. The van der Waals surface area contributed by atoms with Crippen molar-refractivity contribution in [2.24, 2.45) is 5.41 Å². The summed E-state index contributed by atoms with van der Waals surface area (Å²) in [7, 11) is 1.79. The highest BCUT2D eigenvalue weighted by Crippen LogP contribution is 2.22. The summed E-state index contributed by atoms with van der Waals surface area (Å²) in [4.78, 5) is 26.5. The molecule has 2 amide bonds. The van der Waals surface area contributed by atoms with E-state index in [1.54, 1.807) is 25.8 Å². The van der Waals surface area contributed by atoms with Gasteiger partial charge in [-0.1, -0.05) is 32.6 Å². The van der Waals surface area contributed by atoms with Crippen LogP contribution in [0.5, 0.6) is 0 Å². The van der Waals surface area contributed by atoms with Gasteiger partial charge in [0, 0.05) is 19.6 Å². The second-order valence-corrected chi connectivity index (χ2v) is 6.51. The molecule has 0 saturated heterocycles. The van der Waals surface area contributed by atoms with E-state index in [2.05, 4.69) is 12.2 Å². The number of nitrogens with one attached hydrogen (secondary N) is 1. The first-order valence-electron chi connectivity index (χ1n) is 7.96. The third kappa shape index (κ3) is 4.50. The fraction of sp³-hybridized carbons (Fsp3) is 0.875. The first kappa shape index (κ1) is 17.0. The predicted octanol–water partition coefficient (Wildman–Crippen LogP) is 2.72. The van der Waals surface area contributed by atoms with E-state index in [0.717, 1.165) is 32.2 Å². The van der Waals surface area contributed by atoms with Gasteiger partial charge in [0.15, 0.2) is 0 Å². The number of rotatable bonds is 6. The molecule has 0 bridgehead atoms. The molecule has 0 aliphatic heterocycles. The minimum atomic E-state index is -0.972. The Labute approximate surface area is 123 Å². The Morgan fingerprint density at radius 2 is 1.80 bits per heavy atom. The molecule has 4 nitrogen and oxygen atoms in total. The number of hydrogen-bond acceptors (Lipinski definition) is 2. The molecule has 0 heterocycles. The smallest absolute Gasteiger partial charge is 0.237 e. The molecule has 1 aliphatic rings. The largest absolute Gasteiger partial charge is 0.352 e. The highest BCUT2D eigenvalue weighted by molar-refractivity contribution is 6.04. The van der Waals surface area contributed by atoms with E-state index in [1.165, 1.54) is 19.3 Å². The number of hydrogen-bond donors (Lipinski definition) is 1. The lowest BCUT2D eigenvalue weighted by atomic mass is 9.88. The molecule has 116 valence electrons. The van der Waals surface area contributed by atoms with Crippen molar-refractivity contribution in [1.29, 1.82) is 0 Å². The molecular formula is C16H30N2O2.